The van der Waals surface area contributed by atoms with Gasteiger partial charge in [-0.1, -0.05) is 41.7 Å². The number of para-hydroxylation sites is 1. The van der Waals surface area contributed by atoms with E-state index in [2.05, 4.69) is 10.6 Å². The Morgan fingerprint density at radius 2 is 1.73 bits per heavy atom. The van der Waals surface area contributed by atoms with Crippen molar-refractivity contribution in [2.45, 2.75) is 6.17 Å². The van der Waals surface area contributed by atoms with Crippen molar-refractivity contribution in [2.75, 3.05) is 24.3 Å². The van der Waals surface area contributed by atoms with E-state index >= 15 is 0 Å². The fourth-order valence-electron chi connectivity index (χ4n) is 2.97. The Morgan fingerprint density at radius 3 is 2.38 bits per heavy atom. The summed E-state index contributed by atoms with van der Waals surface area (Å²) in [5, 5.41) is 6.46. The Kier molecular flexibility index (Phi) is 4.26. The van der Waals surface area contributed by atoms with E-state index in [1.807, 2.05) is 78.2 Å². The zero-order valence-corrected chi connectivity index (χ0v) is 16.0. The second kappa shape index (κ2) is 6.59. The van der Waals surface area contributed by atoms with Crippen LogP contribution in [0.25, 0.3) is 5.69 Å². The lowest BCUT2D eigenvalue weighted by molar-refractivity contribution is 0.0939. The van der Waals surface area contributed by atoms with E-state index in [-0.39, 0.29) is 12.1 Å². The molecule has 1 amide bonds. The molecule has 1 aromatic heterocycles. The van der Waals surface area contributed by atoms with Crippen molar-refractivity contribution < 1.29 is 4.79 Å². The maximum atomic E-state index is 12.6. The number of anilines is 2. The summed E-state index contributed by atoms with van der Waals surface area (Å²) >= 11 is 6.83. The van der Waals surface area contributed by atoms with Crippen LogP contribution in [0, 0.1) is 3.95 Å². The number of rotatable bonds is 3. The minimum absolute atomic E-state index is 0.105. The van der Waals surface area contributed by atoms with Crippen molar-refractivity contribution >= 4 is 41.0 Å². The molecule has 3 aromatic rings. The summed E-state index contributed by atoms with van der Waals surface area (Å²) in [6.45, 7) is 0. The average molecular weight is 383 g/mol. The van der Waals surface area contributed by atoms with Gasteiger partial charge in [0.1, 0.15) is 16.9 Å². The van der Waals surface area contributed by atoms with Gasteiger partial charge < -0.3 is 15.5 Å². The van der Waals surface area contributed by atoms with Crippen LogP contribution in [0.4, 0.5) is 11.5 Å². The maximum Gasteiger partial charge on any atom is 0.267 e. The molecule has 0 saturated carbocycles. The van der Waals surface area contributed by atoms with Gasteiger partial charge in [-0.15, -0.1) is 0 Å². The monoisotopic (exact) mass is 382 g/mol. The molecule has 4 rings (SSSR count). The van der Waals surface area contributed by atoms with Crippen molar-refractivity contribution in [3.05, 3.63) is 69.0 Å². The Bertz CT molecular complexity index is 1010. The highest BCUT2D eigenvalue weighted by Crippen LogP contribution is 2.34. The van der Waals surface area contributed by atoms with Gasteiger partial charge in [0.25, 0.3) is 5.91 Å². The Morgan fingerprint density at radius 1 is 1.04 bits per heavy atom. The quantitative estimate of drug-likeness (QED) is 0.667. The van der Waals surface area contributed by atoms with Crippen LogP contribution < -0.4 is 15.5 Å². The number of hydrogen-bond acceptors (Lipinski definition) is 5. The van der Waals surface area contributed by atoms with Crippen LogP contribution in [0.3, 0.4) is 0 Å². The highest BCUT2D eigenvalue weighted by molar-refractivity contribution is 7.73. The second-order valence-electron chi connectivity index (χ2n) is 6.25. The predicted molar refractivity (Wildman–Crippen MR) is 109 cm³/mol. The number of amides is 1. The number of carbonyl (C=O) groups excluding carboxylic acids is 1. The molecule has 1 atom stereocenters. The third-order valence-electron chi connectivity index (χ3n) is 4.33. The molecule has 26 heavy (non-hydrogen) atoms. The fourth-order valence-corrected chi connectivity index (χ4v) is 4.28. The molecule has 0 spiro atoms. The number of fused-ring (bicyclic) bond motifs is 1. The molecule has 0 aliphatic carbocycles. The summed E-state index contributed by atoms with van der Waals surface area (Å²) in [4.78, 5) is 15.3. The van der Waals surface area contributed by atoms with Crippen LogP contribution in [0.1, 0.15) is 21.4 Å². The molecule has 0 fully saturated rings. The third kappa shape index (κ3) is 2.89. The molecule has 132 valence electrons. The van der Waals surface area contributed by atoms with Crippen molar-refractivity contribution in [3.63, 3.8) is 0 Å². The lowest BCUT2D eigenvalue weighted by Crippen LogP contribution is -2.38. The molecule has 2 aromatic carbocycles. The van der Waals surface area contributed by atoms with Gasteiger partial charge in [0.05, 0.1) is 0 Å². The first-order valence-electron chi connectivity index (χ1n) is 8.20. The third-order valence-corrected chi connectivity index (χ3v) is 5.70. The minimum Gasteiger partial charge on any atom is -0.378 e. The van der Waals surface area contributed by atoms with Gasteiger partial charge in [0, 0.05) is 25.5 Å². The van der Waals surface area contributed by atoms with Crippen LogP contribution >= 0.6 is 23.6 Å². The zero-order chi connectivity index (χ0) is 18.3. The van der Waals surface area contributed by atoms with Crippen LogP contribution in [0.5, 0.6) is 0 Å². The second-order valence-corrected chi connectivity index (χ2v) is 7.90. The van der Waals surface area contributed by atoms with Crippen LogP contribution in [-0.2, 0) is 0 Å². The molecular formula is C19H18N4OS2. The van der Waals surface area contributed by atoms with Gasteiger partial charge in [-0.3, -0.25) is 9.36 Å². The standard InChI is InChI=1S/C19H18N4OS2/c1-22(2)13-10-8-12(9-11-13)16-20-17-15(18(24)21-16)26-19(25)23(17)14-6-4-3-5-7-14/h3-11,16,20H,1-2H3,(H,21,24)/t16-/m1/s1. The summed E-state index contributed by atoms with van der Waals surface area (Å²) in [6.07, 6.45) is -0.301. The van der Waals surface area contributed by atoms with Crippen LogP contribution in [0.2, 0.25) is 0 Å². The van der Waals surface area contributed by atoms with E-state index in [9.17, 15) is 4.79 Å². The maximum absolute atomic E-state index is 12.6. The Labute approximate surface area is 160 Å². The van der Waals surface area contributed by atoms with Gasteiger partial charge in [-0.05, 0) is 42.0 Å². The lowest BCUT2D eigenvalue weighted by Gasteiger charge is -2.27. The molecule has 1 aliphatic heterocycles. The van der Waals surface area contributed by atoms with E-state index in [1.165, 1.54) is 11.3 Å². The molecule has 2 heterocycles. The lowest BCUT2D eigenvalue weighted by atomic mass is 10.1. The summed E-state index contributed by atoms with van der Waals surface area (Å²) in [5.74, 6) is 0.642. The Balaban J connectivity index is 1.74. The van der Waals surface area contributed by atoms with E-state index in [0.717, 1.165) is 22.8 Å². The van der Waals surface area contributed by atoms with Gasteiger partial charge in [-0.2, -0.15) is 0 Å². The average Bonchev–Trinajstić information content (AvgIpc) is 2.99. The number of thiazole rings is 1. The number of aromatic nitrogens is 1. The molecule has 0 bridgehead atoms. The summed E-state index contributed by atoms with van der Waals surface area (Å²) < 4.78 is 2.57. The topological polar surface area (TPSA) is 49.3 Å². The SMILES string of the molecule is CN(C)c1ccc([C@H]2NC(=O)c3sc(=S)n(-c4ccccc4)c3N2)cc1. The minimum atomic E-state index is -0.301. The highest BCUT2D eigenvalue weighted by Gasteiger charge is 2.29. The van der Waals surface area contributed by atoms with E-state index in [1.54, 1.807) is 0 Å². The van der Waals surface area contributed by atoms with E-state index < -0.39 is 0 Å². The first-order chi connectivity index (χ1) is 12.5. The fraction of sp³-hybridized carbons (Fsp3) is 0.158. The number of nitrogens with zero attached hydrogens (tertiary/aromatic N) is 2. The van der Waals surface area contributed by atoms with Crippen molar-refractivity contribution in [1.29, 1.82) is 0 Å². The molecule has 5 nitrogen and oxygen atoms in total. The first-order valence-corrected chi connectivity index (χ1v) is 9.43. The van der Waals surface area contributed by atoms with Crippen molar-refractivity contribution in [3.8, 4) is 5.69 Å². The number of nitrogens with one attached hydrogen (secondary N) is 2. The molecule has 0 unspecified atom stereocenters. The molecule has 7 heteroatoms. The summed E-state index contributed by atoms with van der Waals surface area (Å²) in [7, 11) is 4.00. The van der Waals surface area contributed by atoms with Gasteiger partial charge in [-0.25, -0.2) is 0 Å². The summed E-state index contributed by atoms with van der Waals surface area (Å²) in [5.41, 5.74) is 3.05. The van der Waals surface area contributed by atoms with Crippen LogP contribution in [0.15, 0.2) is 54.6 Å². The smallest absolute Gasteiger partial charge is 0.267 e. The Hall–Kier alpha value is -2.64. The zero-order valence-electron chi connectivity index (χ0n) is 14.4. The number of carbonyl (C=O) groups is 1. The number of hydrogen-bond donors (Lipinski definition) is 2. The normalized spacial score (nSPS) is 15.8. The largest absolute Gasteiger partial charge is 0.378 e. The van der Waals surface area contributed by atoms with E-state index in [0.29, 0.717) is 8.83 Å². The molecule has 0 radical (unpaired) electrons. The highest BCUT2D eigenvalue weighted by atomic mass is 32.1. The van der Waals surface area contributed by atoms with Gasteiger partial charge in [0.2, 0.25) is 0 Å². The molecule has 0 saturated heterocycles. The molecule has 2 N–H and O–H groups in total. The van der Waals surface area contributed by atoms with Crippen LogP contribution in [-0.4, -0.2) is 24.6 Å². The molecule has 1 aliphatic rings. The van der Waals surface area contributed by atoms with E-state index in [4.69, 9.17) is 12.2 Å². The molecular weight excluding hydrogens is 364 g/mol. The van der Waals surface area contributed by atoms with Gasteiger partial charge >= 0.3 is 0 Å². The summed E-state index contributed by atoms with van der Waals surface area (Å²) in [6, 6.07) is 18.0. The van der Waals surface area contributed by atoms with Gasteiger partial charge in [0.15, 0.2) is 3.95 Å². The van der Waals surface area contributed by atoms with Crippen molar-refractivity contribution in [2.24, 2.45) is 0 Å². The van der Waals surface area contributed by atoms with Crippen molar-refractivity contribution in [1.82, 2.24) is 9.88 Å². The first kappa shape index (κ1) is 16.8. The predicted octanol–water partition coefficient (Wildman–Crippen LogP) is 4.19. The number of benzene rings is 2.